The van der Waals surface area contributed by atoms with E-state index in [1.165, 1.54) is 0 Å². The molecule has 0 fully saturated rings. The van der Waals surface area contributed by atoms with Crippen LogP contribution < -0.4 is 4.74 Å². The summed E-state index contributed by atoms with van der Waals surface area (Å²) in [6.45, 7) is 7.24. The lowest BCUT2D eigenvalue weighted by atomic mass is 10.1. The summed E-state index contributed by atoms with van der Waals surface area (Å²) in [5.41, 5.74) is 2.14. The van der Waals surface area contributed by atoms with Gasteiger partial charge in [0.15, 0.2) is 0 Å². The molecule has 0 spiro atoms. The number of carbonyl (C=O) groups excluding carboxylic acids is 1. The number of ether oxygens (including phenoxy) is 1. The number of benzene rings is 1. The summed E-state index contributed by atoms with van der Waals surface area (Å²) in [6.07, 6.45) is 1.13. The molecule has 2 nitrogen and oxygen atoms in total. The molecule has 1 aromatic carbocycles. The van der Waals surface area contributed by atoms with Crippen LogP contribution in [0.1, 0.15) is 11.1 Å². The smallest absolute Gasteiger partial charge is 0.335 e. The third kappa shape index (κ3) is 2.17. The molecule has 0 radical (unpaired) electrons. The first-order valence-electron chi connectivity index (χ1n) is 4.19. The highest BCUT2D eigenvalue weighted by Gasteiger charge is 2.07. The van der Waals surface area contributed by atoms with Gasteiger partial charge in [-0.15, -0.1) is 12.6 Å². The van der Waals surface area contributed by atoms with Gasteiger partial charge >= 0.3 is 5.97 Å². The molecule has 74 valence electrons. The first kappa shape index (κ1) is 10.9. The molecule has 14 heavy (non-hydrogen) atoms. The van der Waals surface area contributed by atoms with E-state index in [1.54, 1.807) is 6.07 Å². The normalized spacial score (nSPS) is 9.64. The zero-order chi connectivity index (χ0) is 10.7. The Balaban J connectivity index is 3.05. The van der Waals surface area contributed by atoms with E-state index in [0.717, 1.165) is 17.2 Å². The van der Waals surface area contributed by atoms with Gasteiger partial charge < -0.3 is 4.74 Å². The largest absolute Gasteiger partial charge is 0.422 e. The molecule has 1 rings (SSSR count). The average molecular weight is 208 g/mol. The van der Waals surface area contributed by atoms with Crippen molar-refractivity contribution in [3.63, 3.8) is 0 Å². The van der Waals surface area contributed by atoms with Crippen LogP contribution in [-0.4, -0.2) is 5.97 Å². The molecule has 0 bridgehead atoms. The standard InChI is InChI=1S/C11H12O2S/c1-4-10(12)13-9-6-5-7(2)8(3)11(9)14/h4-6,14H,1H2,2-3H3. The molecule has 0 amide bonds. The maximum atomic E-state index is 11.0. The van der Waals surface area contributed by atoms with Crippen LogP contribution >= 0.6 is 12.6 Å². The van der Waals surface area contributed by atoms with E-state index in [4.69, 9.17) is 4.74 Å². The molecule has 0 atom stereocenters. The summed E-state index contributed by atoms with van der Waals surface area (Å²) in [5.74, 6) is 0.00452. The SMILES string of the molecule is C=CC(=O)Oc1ccc(C)c(C)c1S. The number of aryl methyl sites for hydroxylation is 1. The average Bonchev–Trinajstić information content (AvgIpc) is 2.19. The van der Waals surface area contributed by atoms with Gasteiger partial charge in [0.1, 0.15) is 5.75 Å². The summed E-state index contributed by atoms with van der Waals surface area (Å²) in [5, 5.41) is 0. The lowest BCUT2D eigenvalue weighted by Gasteiger charge is -2.09. The molecule has 0 N–H and O–H groups in total. The van der Waals surface area contributed by atoms with Gasteiger partial charge in [-0.25, -0.2) is 4.79 Å². The molecule has 0 heterocycles. The van der Waals surface area contributed by atoms with Crippen LogP contribution in [0.25, 0.3) is 0 Å². The van der Waals surface area contributed by atoms with Crippen molar-refractivity contribution in [2.75, 3.05) is 0 Å². The lowest BCUT2D eigenvalue weighted by molar-refractivity contribution is -0.129. The zero-order valence-corrected chi connectivity index (χ0v) is 9.10. The fourth-order valence-corrected chi connectivity index (χ4v) is 1.31. The van der Waals surface area contributed by atoms with Gasteiger partial charge in [0.05, 0.1) is 4.90 Å². The number of rotatable bonds is 2. The van der Waals surface area contributed by atoms with Crippen molar-refractivity contribution in [1.29, 1.82) is 0 Å². The van der Waals surface area contributed by atoms with E-state index >= 15 is 0 Å². The minimum atomic E-state index is -0.469. The first-order chi connectivity index (χ1) is 6.56. The summed E-state index contributed by atoms with van der Waals surface area (Å²) in [7, 11) is 0. The van der Waals surface area contributed by atoms with E-state index in [1.807, 2.05) is 19.9 Å². The van der Waals surface area contributed by atoms with Crippen molar-refractivity contribution < 1.29 is 9.53 Å². The molecular formula is C11H12O2S. The highest BCUT2D eigenvalue weighted by molar-refractivity contribution is 7.80. The molecular weight excluding hydrogens is 196 g/mol. The quantitative estimate of drug-likeness (QED) is 0.350. The van der Waals surface area contributed by atoms with Crippen molar-refractivity contribution in [2.24, 2.45) is 0 Å². The van der Waals surface area contributed by atoms with Crippen LogP contribution in [0, 0.1) is 13.8 Å². The van der Waals surface area contributed by atoms with E-state index in [2.05, 4.69) is 19.2 Å². The Bertz CT molecular complexity index is 383. The Kier molecular flexibility index (Phi) is 3.36. The molecule has 0 saturated carbocycles. The van der Waals surface area contributed by atoms with Crippen molar-refractivity contribution in [1.82, 2.24) is 0 Å². The number of esters is 1. The second kappa shape index (κ2) is 4.33. The zero-order valence-electron chi connectivity index (χ0n) is 8.20. The Morgan fingerprint density at radius 1 is 1.50 bits per heavy atom. The third-order valence-corrected chi connectivity index (χ3v) is 2.60. The summed E-state index contributed by atoms with van der Waals surface area (Å²) >= 11 is 4.28. The van der Waals surface area contributed by atoms with E-state index in [-0.39, 0.29) is 0 Å². The second-order valence-electron chi connectivity index (χ2n) is 2.98. The molecule has 0 saturated heterocycles. The first-order valence-corrected chi connectivity index (χ1v) is 4.64. The Hall–Kier alpha value is -1.22. The molecule has 3 heteroatoms. The highest BCUT2D eigenvalue weighted by Crippen LogP contribution is 2.28. The molecule has 0 aliphatic heterocycles. The third-order valence-electron chi connectivity index (χ3n) is 2.04. The Morgan fingerprint density at radius 3 is 2.71 bits per heavy atom. The number of thiol groups is 1. The Morgan fingerprint density at radius 2 is 2.14 bits per heavy atom. The molecule has 0 aliphatic rings. The summed E-state index contributed by atoms with van der Waals surface area (Å²) in [6, 6.07) is 3.62. The summed E-state index contributed by atoms with van der Waals surface area (Å²) in [4.78, 5) is 11.7. The van der Waals surface area contributed by atoms with Gasteiger partial charge in [0, 0.05) is 6.08 Å². The second-order valence-corrected chi connectivity index (χ2v) is 3.43. The Labute approximate surface area is 89.0 Å². The van der Waals surface area contributed by atoms with Crippen LogP contribution in [0.2, 0.25) is 0 Å². The van der Waals surface area contributed by atoms with Gasteiger partial charge in [-0.1, -0.05) is 12.6 Å². The fourth-order valence-electron chi connectivity index (χ4n) is 1.01. The monoisotopic (exact) mass is 208 g/mol. The number of hydrogen-bond acceptors (Lipinski definition) is 3. The van der Waals surface area contributed by atoms with E-state index < -0.39 is 5.97 Å². The van der Waals surface area contributed by atoms with Gasteiger partial charge in [-0.2, -0.15) is 0 Å². The van der Waals surface area contributed by atoms with Crippen LogP contribution in [0.4, 0.5) is 0 Å². The predicted molar refractivity (Wildman–Crippen MR) is 59.0 cm³/mol. The van der Waals surface area contributed by atoms with Crippen molar-refractivity contribution in [3.05, 3.63) is 35.9 Å². The van der Waals surface area contributed by atoms with Crippen molar-refractivity contribution in [3.8, 4) is 5.75 Å². The highest BCUT2D eigenvalue weighted by atomic mass is 32.1. The van der Waals surface area contributed by atoms with E-state index in [0.29, 0.717) is 10.6 Å². The molecule has 1 aromatic rings. The van der Waals surface area contributed by atoms with Crippen molar-refractivity contribution >= 4 is 18.6 Å². The predicted octanol–water partition coefficient (Wildman–Crippen LogP) is 2.68. The topological polar surface area (TPSA) is 26.3 Å². The molecule has 0 aliphatic carbocycles. The van der Waals surface area contributed by atoms with Crippen molar-refractivity contribution in [2.45, 2.75) is 18.7 Å². The van der Waals surface area contributed by atoms with Gasteiger partial charge in [-0.3, -0.25) is 0 Å². The maximum absolute atomic E-state index is 11.0. The number of hydrogen-bond donors (Lipinski definition) is 1. The minimum Gasteiger partial charge on any atom is -0.422 e. The maximum Gasteiger partial charge on any atom is 0.335 e. The molecule has 0 aromatic heterocycles. The minimum absolute atomic E-state index is 0.469. The van der Waals surface area contributed by atoms with Crippen LogP contribution in [0.3, 0.4) is 0 Å². The lowest BCUT2D eigenvalue weighted by Crippen LogP contribution is -2.04. The van der Waals surface area contributed by atoms with Crippen LogP contribution in [-0.2, 0) is 4.79 Å². The van der Waals surface area contributed by atoms with Gasteiger partial charge in [0.25, 0.3) is 0 Å². The van der Waals surface area contributed by atoms with Gasteiger partial charge in [0.2, 0.25) is 0 Å². The van der Waals surface area contributed by atoms with Crippen LogP contribution in [0.15, 0.2) is 29.7 Å². The van der Waals surface area contributed by atoms with Gasteiger partial charge in [-0.05, 0) is 31.0 Å². The summed E-state index contributed by atoms with van der Waals surface area (Å²) < 4.78 is 5.00. The fraction of sp³-hybridized carbons (Fsp3) is 0.182. The van der Waals surface area contributed by atoms with Crippen LogP contribution in [0.5, 0.6) is 5.75 Å². The molecule has 0 unspecified atom stereocenters. The van der Waals surface area contributed by atoms with E-state index in [9.17, 15) is 4.79 Å². The number of carbonyl (C=O) groups is 1.